The Morgan fingerprint density at radius 2 is 1.97 bits per heavy atom. The zero-order chi connectivity index (χ0) is 26.2. The van der Waals surface area contributed by atoms with Crippen LogP contribution in [0.4, 0.5) is 5.69 Å². The van der Waals surface area contributed by atoms with Crippen LogP contribution < -0.4 is 15.0 Å². The SMILES string of the molecule is COCCCC1CCC=C(COC2CNCCC2c2ccc(O[C@H]3CCN(c4cccc(Cl)c4)C3)cc2)C1. The number of ether oxygens (including phenoxy) is 3. The highest BCUT2D eigenvalue weighted by molar-refractivity contribution is 6.30. The molecule has 206 valence electrons. The molecule has 2 aromatic carbocycles. The molecule has 0 aromatic heterocycles. The maximum Gasteiger partial charge on any atom is 0.119 e. The molecule has 5 nitrogen and oxygen atoms in total. The summed E-state index contributed by atoms with van der Waals surface area (Å²) in [6, 6.07) is 16.9. The van der Waals surface area contributed by atoms with E-state index in [4.69, 9.17) is 25.8 Å². The summed E-state index contributed by atoms with van der Waals surface area (Å²) in [6.07, 6.45) is 11.0. The van der Waals surface area contributed by atoms with Crippen LogP contribution in [0.3, 0.4) is 0 Å². The van der Waals surface area contributed by atoms with Gasteiger partial charge in [0.15, 0.2) is 0 Å². The van der Waals surface area contributed by atoms with Crippen molar-refractivity contribution in [3.63, 3.8) is 0 Å². The molecule has 1 aliphatic carbocycles. The smallest absolute Gasteiger partial charge is 0.119 e. The van der Waals surface area contributed by atoms with E-state index in [0.717, 1.165) is 75.3 Å². The van der Waals surface area contributed by atoms with Crippen LogP contribution in [0.15, 0.2) is 60.2 Å². The van der Waals surface area contributed by atoms with Gasteiger partial charge in [-0.1, -0.05) is 35.9 Å². The second-order valence-electron chi connectivity index (χ2n) is 11.1. The van der Waals surface area contributed by atoms with Crippen LogP contribution in [0.5, 0.6) is 5.75 Å². The molecule has 6 heteroatoms. The Morgan fingerprint density at radius 3 is 2.82 bits per heavy atom. The highest BCUT2D eigenvalue weighted by Gasteiger charge is 2.29. The molecule has 2 aromatic rings. The molecule has 2 fully saturated rings. The highest BCUT2D eigenvalue weighted by atomic mass is 35.5. The average molecular weight is 539 g/mol. The second-order valence-corrected chi connectivity index (χ2v) is 11.6. The highest BCUT2D eigenvalue weighted by Crippen LogP contribution is 2.33. The van der Waals surface area contributed by atoms with Crippen molar-refractivity contribution in [2.75, 3.05) is 51.4 Å². The monoisotopic (exact) mass is 538 g/mol. The Labute approximate surface area is 233 Å². The van der Waals surface area contributed by atoms with Crippen LogP contribution in [0.1, 0.15) is 56.4 Å². The van der Waals surface area contributed by atoms with Crippen molar-refractivity contribution in [1.82, 2.24) is 5.32 Å². The summed E-state index contributed by atoms with van der Waals surface area (Å²) in [5.41, 5.74) is 4.00. The molecule has 2 aliphatic heterocycles. The number of rotatable bonds is 11. The van der Waals surface area contributed by atoms with Gasteiger partial charge in [0.25, 0.3) is 0 Å². The van der Waals surface area contributed by atoms with Gasteiger partial charge in [-0.25, -0.2) is 0 Å². The first-order valence-electron chi connectivity index (χ1n) is 14.4. The Hall–Kier alpha value is -2.05. The molecule has 3 aliphatic rings. The molecule has 5 rings (SSSR count). The van der Waals surface area contributed by atoms with E-state index in [2.05, 4.69) is 46.6 Å². The fraction of sp³-hybridized carbons (Fsp3) is 0.562. The number of allylic oxidation sites excluding steroid dienone is 1. The van der Waals surface area contributed by atoms with Crippen molar-refractivity contribution < 1.29 is 14.2 Å². The maximum absolute atomic E-state index is 6.56. The fourth-order valence-electron chi connectivity index (χ4n) is 6.28. The lowest BCUT2D eigenvalue weighted by molar-refractivity contribution is 0.0330. The first-order chi connectivity index (χ1) is 18.7. The van der Waals surface area contributed by atoms with Gasteiger partial charge in [0, 0.05) is 49.9 Å². The summed E-state index contributed by atoms with van der Waals surface area (Å²) in [7, 11) is 1.79. The topological polar surface area (TPSA) is 43.0 Å². The van der Waals surface area contributed by atoms with Crippen molar-refractivity contribution in [2.24, 2.45) is 5.92 Å². The molecule has 0 saturated carbocycles. The van der Waals surface area contributed by atoms with Gasteiger partial charge in [-0.15, -0.1) is 0 Å². The number of methoxy groups -OCH3 is 1. The number of hydrogen-bond acceptors (Lipinski definition) is 5. The van der Waals surface area contributed by atoms with Crippen LogP contribution in [-0.2, 0) is 9.47 Å². The summed E-state index contributed by atoms with van der Waals surface area (Å²) < 4.78 is 18.2. The van der Waals surface area contributed by atoms with Crippen LogP contribution >= 0.6 is 11.6 Å². The van der Waals surface area contributed by atoms with Gasteiger partial charge in [0.2, 0.25) is 0 Å². The Balaban J connectivity index is 1.12. The molecule has 38 heavy (non-hydrogen) atoms. The minimum Gasteiger partial charge on any atom is -0.489 e. The van der Waals surface area contributed by atoms with E-state index in [0.29, 0.717) is 5.92 Å². The zero-order valence-corrected chi connectivity index (χ0v) is 23.5. The fourth-order valence-corrected chi connectivity index (χ4v) is 6.46. The molecule has 0 spiro atoms. The number of nitrogens with zero attached hydrogens (tertiary/aromatic N) is 1. The van der Waals surface area contributed by atoms with Crippen molar-refractivity contribution >= 4 is 17.3 Å². The van der Waals surface area contributed by atoms with E-state index in [9.17, 15) is 0 Å². The van der Waals surface area contributed by atoms with Crippen molar-refractivity contribution in [1.29, 1.82) is 0 Å². The van der Waals surface area contributed by atoms with E-state index < -0.39 is 0 Å². The quantitative estimate of drug-likeness (QED) is 0.257. The van der Waals surface area contributed by atoms with Crippen molar-refractivity contribution in [3.05, 3.63) is 70.8 Å². The zero-order valence-electron chi connectivity index (χ0n) is 22.7. The molecule has 0 amide bonds. The first-order valence-corrected chi connectivity index (χ1v) is 14.8. The number of halogens is 1. The molecule has 4 atom stereocenters. The molecule has 2 saturated heterocycles. The van der Waals surface area contributed by atoms with Gasteiger partial charge < -0.3 is 24.4 Å². The third-order valence-electron chi connectivity index (χ3n) is 8.36. The van der Waals surface area contributed by atoms with Crippen molar-refractivity contribution in [2.45, 2.75) is 63.1 Å². The average Bonchev–Trinajstić information content (AvgIpc) is 3.42. The van der Waals surface area contributed by atoms with Gasteiger partial charge in [-0.2, -0.15) is 0 Å². The number of benzene rings is 2. The van der Waals surface area contributed by atoms with Gasteiger partial charge in [-0.05, 0) is 92.5 Å². The minimum absolute atomic E-state index is 0.192. The van der Waals surface area contributed by atoms with E-state index >= 15 is 0 Å². The van der Waals surface area contributed by atoms with Crippen LogP contribution in [0.25, 0.3) is 0 Å². The Bertz CT molecular complexity index is 1040. The lowest BCUT2D eigenvalue weighted by Crippen LogP contribution is -2.41. The molecular formula is C32H43ClN2O3. The van der Waals surface area contributed by atoms with Crippen LogP contribution in [0, 0.1) is 5.92 Å². The summed E-state index contributed by atoms with van der Waals surface area (Å²) in [5, 5.41) is 4.33. The molecule has 1 N–H and O–H groups in total. The van der Waals surface area contributed by atoms with E-state index in [1.165, 1.54) is 42.5 Å². The van der Waals surface area contributed by atoms with Gasteiger partial charge >= 0.3 is 0 Å². The molecular weight excluding hydrogens is 496 g/mol. The van der Waals surface area contributed by atoms with Gasteiger partial charge in [-0.3, -0.25) is 0 Å². The third kappa shape index (κ3) is 7.53. The predicted octanol–water partition coefficient (Wildman–Crippen LogP) is 6.61. The Morgan fingerprint density at radius 1 is 1.08 bits per heavy atom. The lowest BCUT2D eigenvalue weighted by atomic mass is 9.85. The van der Waals surface area contributed by atoms with Gasteiger partial charge in [0.1, 0.15) is 11.9 Å². The van der Waals surface area contributed by atoms with Gasteiger partial charge in [0.05, 0.1) is 19.3 Å². The van der Waals surface area contributed by atoms with Crippen molar-refractivity contribution in [3.8, 4) is 5.75 Å². The molecule has 2 heterocycles. The number of anilines is 1. The number of hydrogen-bond donors (Lipinski definition) is 1. The standard InChI is InChI=1S/C32H43ClN2O3/c1-36-18-4-7-24-5-2-6-25(19-24)23-37-32-21-34-16-14-31(32)26-10-12-29(13-11-26)38-30-15-17-35(22-30)28-9-3-8-27(33)20-28/h3,6,8-13,20,24,30-32,34H,2,4-5,7,14-19,21-23H2,1H3/t24?,30-,31?,32?/m0/s1. The number of piperidine rings is 1. The summed E-state index contributed by atoms with van der Waals surface area (Å²) in [4.78, 5) is 2.35. The normalized spacial score (nSPS) is 25.8. The predicted molar refractivity (Wildman–Crippen MR) is 156 cm³/mol. The van der Waals surface area contributed by atoms with Crippen LogP contribution in [0.2, 0.25) is 5.02 Å². The third-order valence-corrected chi connectivity index (χ3v) is 8.59. The van der Waals surface area contributed by atoms with E-state index in [1.807, 2.05) is 18.2 Å². The lowest BCUT2D eigenvalue weighted by Gasteiger charge is -2.33. The number of nitrogens with one attached hydrogen (secondary N) is 1. The largest absolute Gasteiger partial charge is 0.489 e. The first kappa shape index (κ1) is 27.5. The van der Waals surface area contributed by atoms with E-state index in [-0.39, 0.29) is 12.2 Å². The summed E-state index contributed by atoms with van der Waals surface area (Å²) in [5.74, 6) is 2.14. The molecule has 0 radical (unpaired) electrons. The van der Waals surface area contributed by atoms with Crippen LogP contribution in [-0.4, -0.2) is 58.7 Å². The summed E-state index contributed by atoms with van der Waals surface area (Å²) in [6.45, 7) is 5.45. The maximum atomic E-state index is 6.56. The summed E-state index contributed by atoms with van der Waals surface area (Å²) >= 11 is 6.19. The second kappa shape index (κ2) is 13.8. The minimum atomic E-state index is 0.192. The van der Waals surface area contributed by atoms with E-state index in [1.54, 1.807) is 7.11 Å². The molecule has 0 bridgehead atoms. The molecule has 3 unspecified atom stereocenters. The Kier molecular flexibility index (Phi) is 10.0.